The fourth-order valence-electron chi connectivity index (χ4n) is 4.60. The first kappa shape index (κ1) is 27.7. The fraction of sp³-hybridized carbons (Fsp3) is 0.290. The molecule has 2 aromatic heterocycles. The molecule has 0 unspecified atom stereocenters. The van der Waals surface area contributed by atoms with E-state index in [0.29, 0.717) is 18.8 Å². The number of rotatable bonds is 7. The van der Waals surface area contributed by atoms with Gasteiger partial charge in [0.2, 0.25) is 5.91 Å². The van der Waals surface area contributed by atoms with Gasteiger partial charge in [0.05, 0.1) is 18.8 Å². The van der Waals surface area contributed by atoms with E-state index in [2.05, 4.69) is 45.7 Å². The Bertz CT molecular complexity index is 1360. The summed E-state index contributed by atoms with van der Waals surface area (Å²) in [7, 11) is 0. The summed E-state index contributed by atoms with van der Waals surface area (Å²) in [6, 6.07) is 23.7. The summed E-state index contributed by atoms with van der Waals surface area (Å²) in [6.07, 6.45) is 5.79. The molecule has 1 aliphatic heterocycles. The van der Waals surface area contributed by atoms with Gasteiger partial charge in [0.15, 0.2) is 0 Å². The molecule has 1 aliphatic rings. The minimum Gasteiger partial charge on any atom is -0.361 e. The lowest BCUT2D eigenvalue weighted by atomic mass is 9.97. The number of para-hydroxylation sites is 1. The Labute approximate surface area is 229 Å². The number of carbonyl (C=O) groups excluding carboxylic acids is 1. The molecule has 0 atom stereocenters. The molecule has 1 fully saturated rings. The number of fused-ring (bicyclic) bond motifs is 1. The van der Waals surface area contributed by atoms with Gasteiger partial charge in [-0.25, -0.2) is 0 Å². The van der Waals surface area contributed by atoms with Crippen molar-refractivity contribution < 1.29 is 4.79 Å². The summed E-state index contributed by atoms with van der Waals surface area (Å²) in [4.78, 5) is 21.6. The number of piperidine rings is 1. The Kier molecular flexibility index (Phi) is 9.97. The average Bonchev–Trinajstić information content (AvgIpc) is 3.37. The molecule has 8 heteroatoms. The average molecular weight is 524 g/mol. The van der Waals surface area contributed by atoms with E-state index in [1.54, 1.807) is 11.1 Å². The van der Waals surface area contributed by atoms with Crippen LogP contribution in [0.2, 0.25) is 0 Å². The van der Waals surface area contributed by atoms with Crippen LogP contribution >= 0.6 is 0 Å². The van der Waals surface area contributed by atoms with Gasteiger partial charge in [0.25, 0.3) is 0 Å². The highest BCUT2D eigenvalue weighted by atomic mass is 16.1. The first-order chi connectivity index (χ1) is 19.0. The Morgan fingerprint density at radius 2 is 1.69 bits per heavy atom. The highest BCUT2D eigenvalue weighted by Crippen LogP contribution is 2.15. The second kappa shape index (κ2) is 14.0. The van der Waals surface area contributed by atoms with Crippen LogP contribution in [0.3, 0.4) is 0 Å². The van der Waals surface area contributed by atoms with Gasteiger partial charge >= 0.3 is 0 Å². The maximum absolute atomic E-state index is 12.4. The van der Waals surface area contributed by atoms with Gasteiger partial charge in [-0.15, -0.1) is 0 Å². The quantitative estimate of drug-likeness (QED) is 0.178. The number of aromatic nitrogens is 2. The van der Waals surface area contributed by atoms with E-state index < -0.39 is 0 Å². The van der Waals surface area contributed by atoms with Gasteiger partial charge in [-0.3, -0.25) is 20.6 Å². The molecule has 5 rings (SSSR count). The molecule has 4 aromatic rings. The number of nitrogens with zero attached hydrogens (tertiary/aromatic N) is 2. The number of benzene rings is 2. The molecule has 0 spiro atoms. The van der Waals surface area contributed by atoms with Crippen LogP contribution in [0, 0.1) is 23.7 Å². The van der Waals surface area contributed by atoms with Crippen molar-refractivity contribution in [2.24, 2.45) is 5.92 Å². The molecular weight excluding hydrogens is 486 g/mol. The van der Waals surface area contributed by atoms with Crippen LogP contribution in [0.1, 0.15) is 29.7 Å². The number of aromatic amines is 1. The lowest BCUT2D eigenvalue weighted by Crippen LogP contribution is -2.45. The van der Waals surface area contributed by atoms with Crippen LogP contribution in [0.15, 0.2) is 85.2 Å². The van der Waals surface area contributed by atoms with Gasteiger partial charge < -0.3 is 20.5 Å². The largest absolute Gasteiger partial charge is 0.361 e. The van der Waals surface area contributed by atoms with Crippen molar-refractivity contribution >= 4 is 28.5 Å². The maximum atomic E-state index is 12.4. The Hall–Kier alpha value is -4.30. The molecule has 0 radical (unpaired) electrons. The van der Waals surface area contributed by atoms with Crippen molar-refractivity contribution in [3.63, 3.8) is 0 Å². The van der Waals surface area contributed by atoms with Crippen LogP contribution in [-0.4, -0.2) is 52.1 Å². The number of nitrogens with one attached hydrogen (secondary N) is 5. The van der Waals surface area contributed by atoms with Crippen LogP contribution in [0.25, 0.3) is 10.9 Å². The lowest BCUT2D eigenvalue weighted by molar-refractivity contribution is -0.125. The number of aryl methyl sites for hydroxylation is 1. The third-order valence-corrected chi connectivity index (χ3v) is 6.85. The van der Waals surface area contributed by atoms with Gasteiger partial charge in [0.1, 0.15) is 11.7 Å². The molecule has 8 nitrogen and oxygen atoms in total. The molecule has 0 aliphatic carbocycles. The number of H-pyrrole nitrogens is 1. The highest BCUT2D eigenvalue weighted by molar-refractivity contribution is 6.00. The summed E-state index contributed by atoms with van der Waals surface area (Å²) < 4.78 is 0. The number of pyridine rings is 1. The Balaban J connectivity index is 0.000000292. The second-order valence-electron chi connectivity index (χ2n) is 9.72. The molecule has 0 bridgehead atoms. The van der Waals surface area contributed by atoms with Crippen molar-refractivity contribution in [2.75, 3.05) is 19.6 Å². The number of amidine groups is 2. The summed E-state index contributed by atoms with van der Waals surface area (Å²) in [6.45, 7) is 4.24. The van der Waals surface area contributed by atoms with Crippen molar-refractivity contribution in [2.45, 2.75) is 32.7 Å². The number of hydrogen-bond acceptors (Lipinski definition) is 5. The van der Waals surface area contributed by atoms with Gasteiger partial charge in [-0.2, -0.15) is 0 Å². The highest BCUT2D eigenvalue weighted by Gasteiger charge is 2.22. The monoisotopic (exact) mass is 523 g/mol. The summed E-state index contributed by atoms with van der Waals surface area (Å²) in [5, 5.41) is 24.6. The minimum absolute atomic E-state index is 0.00272. The molecular formula is C31H37N7O. The van der Waals surface area contributed by atoms with Crippen molar-refractivity contribution in [3.8, 4) is 0 Å². The molecule has 1 saturated heterocycles. The van der Waals surface area contributed by atoms with Crippen molar-refractivity contribution in [3.05, 3.63) is 102 Å². The van der Waals surface area contributed by atoms with Crippen molar-refractivity contribution in [1.82, 2.24) is 25.5 Å². The van der Waals surface area contributed by atoms with Gasteiger partial charge in [0, 0.05) is 35.6 Å². The van der Waals surface area contributed by atoms with E-state index in [0.717, 1.165) is 37.2 Å². The van der Waals surface area contributed by atoms with Crippen LogP contribution < -0.4 is 10.6 Å². The normalized spacial score (nSPS) is 13.3. The van der Waals surface area contributed by atoms with Crippen LogP contribution in [-0.2, 0) is 17.8 Å². The van der Waals surface area contributed by atoms with E-state index in [-0.39, 0.29) is 24.2 Å². The molecule has 5 N–H and O–H groups in total. The number of carbonyl (C=O) groups is 1. The van der Waals surface area contributed by atoms with E-state index in [9.17, 15) is 4.79 Å². The van der Waals surface area contributed by atoms with Crippen LogP contribution in [0.5, 0.6) is 0 Å². The number of amides is 1. The lowest BCUT2D eigenvalue weighted by Gasteiger charge is -2.27. The zero-order valence-corrected chi connectivity index (χ0v) is 22.4. The maximum Gasteiger partial charge on any atom is 0.223 e. The predicted octanol–water partition coefficient (Wildman–Crippen LogP) is 4.67. The number of hydrogen-bond donors (Lipinski definition) is 5. The minimum atomic E-state index is -0.0105. The van der Waals surface area contributed by atoms with E-state index in [1.807, 2.05) is 60.8 Å². The topological polar surface area (TPSA) is 121 Å². The Morgan fingerprint density at radius 3 is 2.41 bits per heavy atom. The molecule has 3 heterocycles. The molecule has 2 aromatic carbocycles. The van der Waals surface area contributed by atoms with Gasteiger partial charge in [-0.05, 0) is 62.2 Å². The fourth-order valence-corrected chi connectivity index (χ4v) is 4.60. The zero-order chi connectivity index (χ0) is 27.5. The summed E-state index contributed by atoms with van der Waals surface area (Å²) in [5.74, 6) is 0.488. The molecule has 1 amide bonds. The molecule has 39 heavy (non-hydrogen) atoms. The second-order valence-corrected chi connectivity index (χ2v) is 9.72. The van der Waals surface area contributed by atoms with Crippen molar-refractivity contribution in [1.29, 1.82) is 10.8 Å². The van der Waals surface area contributed by atoms with Crippen LogP contribution in [0.4, 0.5) is 0 Å². The zero-order valence-electron chi connectivity index (χ0n) is 22.4. The summed E-state index contributed by atoms with van der Waals surface area (Å²) >= 11 is 0. The van der Waals surface area contributed by atoms with Gasteiger partial charge in [-0.1, -0.05) is 54.6 Å². The third-order valence-electron chi connectivity index (χ3n) is 6.85. The Morgan fingerprint density at radius 1 is 0.974 bits per heavy atom. The third kappa shape index (κ3) is 8.09. The first-order valence-corrected chi connectivity index (χ1v) is 13.4. The SMILES string of the molecule is Cc1c[nH]c2ccccc12.N=C(CNC(=O)C1CCNCC1)N(Cc1ccccn1)C(=N)Cc1ccccc1. The molecule has 202 valence electrons. The standard InChI is InChI=1S/C22H28N6O.C9H9N/c23-20(14-17-6-2-1-3-7-17)28(16-19-8-4-5-11-26-19)21(24)15-27-22(29)18-9-12-25-13-10-18;1-7-6-10-9-5-3-2-4-8(7)9/h1-8,11,18,23-25H,9-10,12-16H2,(H,27,29);2-6,10H,1H3. The van der Waals surface area contributed by atoms with E-state index in [1.165, 1.54) is 16.5 Å². The summed E-state index contributed by atoms with van der Waals surface area (Å²) in [5.41, 5.74) is 4.32. The van der Waals surface area contributed by atoms with E-state index in [4.69, 9.17) is 10.8 Å². The van der Waals surface area contributed by atoms with E-state index >= 15 is 0 Å². The smallest absolute Gasteiger partial charge is 0.223 e. The molecule has 0 saturated carbocycles. The predicted molar refractivity (Wildman–Crippen MR) is 157 cm³/mol. The first-order valence-electron chi connectivity index (χ1n) is 13.4.